The van der Waals surface area contributed by atoms with Gasteiger partial charge in [-0.1, -0.05) is 11.8 Å². The van der Waals surface area contributed by atoms with E-state index in [9.17, 15) is 4.79 Å². The van der Waals surface area contributed by atoms with Crippen LogP contribution in [0.4, 0.5) is 5.69 Å². The Morgan fingerprint density at radius 1 is 1.28 bits per heavy atom. The van der Waals surface area contributed by atoms with Gasteiger partial charge in [0.1, 0.15) is 17.8 Å². The van der Waals surface area contributed by atoms with Crippen molar-refractivity contribution in [3.63, 3.8) is 0 Å². The second-order valence-corrected chi connectivity index (χ2v) is 6.14. The number of rotatable bonds is 6. The first-order valence-electron chi connectivity index (χ1n) is 7.43. The van der Waals surface area contributed by atoms with E-state index < -0.39 is 0 Å². The van der Waals surface area contributed by atoms with Gasteiger partial charge in [0.15, 0.2) is 0 Å². The van der Waals surface area contributed by atoms with Gasteiger partial charge in [-0.25, -0.2) is 4.98 Å². The second kappa shape index (κ2) is 7.39. The lowest BCUT2D eigenvalue weighted by atomic mass is 10.2. The molecule has 0 aliphatic heterocycles. The number of nitrogens with zero attached hydrogens (tertiary/aromatic N) is 4. The van der Waals surface area contributed by atoms with Gasteiger partial charge < -0.3 is 14.8 Å². The molecule has 3 rings (SSSR count). The molecule has 0 spiro atoms. The molecular formula is C16H17N5O3S. The fourth-order valence-electron chi connectivity index (χ4n) is 2.25. The minimum atomic E-state index is -0.160. The monoisotopic (exact) mass is 359 g/mol. The summed E-state index contributed by atoms with van der Waals surface area (Å²) in [4.78, 5) is 16.6. The van der Waals surface area contributed by atoms with Crippen LogP contribution in [0.25, 0.3) is 5.78 Å². The van der Waals surface area contributed by atoms with Gasteiger partial charge in [-0.2, -0.15) is 0 Å². The molecule has 25 heavy (non-hydrogen) atoms. The molecule has 2 heterocycles. The van der Waals surface area contributed by atoms with Gasteiger partial charge in [0.05, 0.1) is 30.7 Å². The number of fused-ring (bicyclic) bond motifs is 1. The van der Waals surface area contributed by atoms with Crippen molar-refractivity contribution < 1.29 is 14.3 Å². The molecule has 8 nitrogen and oxygen atoms in total. The highest BCUT2D eigenvalue weighted by atomic mass is 32.2. The van der Waals surface area contributed by atoms with Crippen molar-refractivity contribution in [2.75, 3.05) is 25.3 Å². The van der Waals surface area contributed by atoms with E-state index in [4.69, 9.17) is 9.47 Å². The lowest BCUT2D eigenvalue weighted by molar-refractivity contribution is -0.113. The number of nitrogens with one attached hydrogen (secondary N) is 1. The van der Waals surface area contributed by atoms with Crippen LogP contribution in [-0.2, 0) is 4.79 Å². The first kappa shape index (κ1) is 17.0. The number of thioether (sulfide) groups is 1. The largest absolute Gasteiger partial charge is 0.497 e. The Hall–Kier alpha value is -2.81. The van der Waals surface area contributed by atoms with Crippen LogP contribution in [-0.4, -0.2) is 45.5 Å². The molecule has 0 aliphatic carbocycles. The summed E-state index contributed by atoms with van der Waals surface area (Å²) in [7, 11) is 3.12. The van der Waals surface area contributed by atoms with Gasteiger partial charge >= 0.3 is 0 Å². The molecule has 2 aromatic heterocycles. The molecule has 0 aliphatic rings. The van der Waals surface area contributed by atoms with E-state index >= 15 is 0 Å². The maximum Gasteiger partial charge on any atom is 0.255 e. The predicted molar refractivity (Wildman–Crippen MR) is 94.4 cm³/mol. The Morgan fingerprint density at radius 3 is 2.88 bits per heavy atom. The number of aryl methyl sites for hydroxylation is 1. The second-order valence-electron chi connectivity index (χ2n) is 5.14. The smallest absolute Gasteiger partial charge is 0.255 e. The van der Waals surface area contributed by atoms with Crippen LogP contribution in [0.5, 0.6) is 11.5 Å². The summed E-state index contributed by atoms with van der Waals surface area (Å²) in [6.45, 7) is 1.87. The molecule has 130 valence electrons. The molecule has 9 heteroatoms. The number of hydrogen-bond donors (Lipinski definition) is 1. The van der Waals surface area contributed by atoms with Gasteiger partial charge in [-0.3, -0.25) is 9.20 Å². The highest BCUT2D eigenvalue weighted by Gasteiger charge is 2.12. The molecule has 1 aromatic carbocycles. The van der Waals surface area contributed by atoms with Gasteiger partial charge in [0.25, 0.3) is 5.78 Å². The van der Waals surface area contributed by atoms with E-state index in [0.29, 0.717) is 23.0 Å². The third kappa shape index (κ3) is 3.82. The van der Waals surface area contributed by atoms with Gasteiger partial charge in [0.2, 0.25) is 5.91 Å². The number of hydrogen-bond acceptors (Lipinski definition) is 7. The maximum atomic E-state index is 12.3. The third-order valence-electron chi connectivity index (χ3n) is 3.41. The number of carbonyl (C=O) groups excluding carboxylic acids is 1. The Morgan fingerprint density at radius 2 is 2.12 bits per heavy atom. The zero-order valence-electron chi connectivity index (χ0n) is 14.0. The number of amides is 1. The fourth-order valence-corrected chi connectivity index (χ4v) is 3.12. The van der Waals surface area contributed by atoms with E-state index in [1.807, 2.05) is 13.0 Å². The lowest BCUT2D eigenvalue weighted by Gasteiger charge is -2.12. The molecule has 0 bridgehead atoms. The zero-order chi connectivity index (χ0) is 17.8. The summed E-state index contributed by atoms with van der Waals surface area (Å²) >= 11 is 1.38. The number of ether oxygens (including phenoxy) is 2. The highest BCUT2D eigenvalue weighted by Crippen LogP contribution is 2.29. The Bertz CT molecular complexity index is 912. The van der Waals surface area contributed by atoms with Crippen LogP contribution < -0.4 is 14.8 Å². The summed E-state index contributed by atoms with van der Waals surface area (Å²) in [5.41, 5.74) is 1.38. The van der Waals surface area contributed by atoms with E-state index in [-0.39, 0.29) is 11.7 Å². The predicted octanol–water partition coefficient (Wildman–Crippen LogP) is 2.18. The topological polar surface area (TPSA) is 90.6 Å². The van der Waals surface area contributed by atoms with Gasteiger partial charge in [-0.05, 0) is 25.1 Å². The standard InChI is InChI=1S/C16H17N5O3S/c1-10-6-15(21-9-17-20-16(21)18-10)25-8-14(22)19-12-7-11(23-2)4-5-13(12)24-3/h4-7,9H,8H2,1-3H3,(H,19,22). The molecule has 0 saturated carbocycles. The van der Waals surface area contributed by atoms with Crippen molar-refractivity contribution >= 4 is 29.1 Å². The summed E-state index contributed by atoms with van der Waals surface area (Å²) < 4.78 is 12.2. The Labute approximate surface area is 148 Å². The molecule has 0 atom stereocenters. The van der Waals surface area contributed by atoms with Crippen molar-refractivity contribution in [1.82, 2.24) is 19.6 Å². The van der Waals surface area contributed by atoms with E-state index in [0.717, 1.165) is 10.7 Å². The molecule has 1 N–H and O–H groups in total. The SMILES string of the molecule is COc1ccc(OC)c(NC(=O)CSc2cc(C)nc3nncn23)c1. The van der Waals surface area contributed by atoms with Crippen molar-refractivity contribution in [2.45, 2.75) is 11.9 Å². The van der Waals surface area contributed by atoms with Crippen molar-refractivity contribution in [1.29, 1.82) is 0 Å². The van der Waals surface area contributed by atoms with E-state index in [2.05, 4.69) is 20.5 Å². The normalized spacial score (nSPS) is 10.7. The molecule has 3 aromatic rings. The van der Waals surface area contributed by atoms with Crippen LogP contribution in [0.3, 0.4) is 0 Å². The quantitative estimate of drug-likeness (QED) is 0.533. The van der Waals surface area contributed by atoms with Crippen LogP contribution >= 0.6 is 11.8 Å². The molecule has 0 fully saturated rings. The Kier molecular flexibility index (Phi) is 5.03. The Balaban J connectivity index is 1.72. The minimum Gasteiger partial charge on any atom is -0.497 e. The van der Waals surface area contributed by atoms with Crippen LogP contribution in [0.15, 0.2) is 35.6 Å². The summed E-state index contributed by atoms with van der Waals surface area (Å²) in [5.74, 6) is 1.78. The van der Waals surface area contributed by atoms with Gasteiger partial charge in [0, 0.05) is 11.8 Å². The molecule has 0 unspecified atom stereocenters. The summed E-state index contributed by atoms with van der Waals surface area (Å²) in [6, 6.07) is 7.12. The summed E-state index contributed by atoms with van der Waals surface area (Å²) in [5, 5.41) is 11.5. The van der Waals surface area contributed by atoms with Gasteiger partial charge in [-0.15, -0.1) is 10.2 Å². The van der Waals surface area contributed by atoms with Crippen LogP contribution in [0.2, 0.25) is 0 Å². The number of carbonyl (C=O) groups is 1. The number of methoxy groups -OCH3 is 2. The maximum absolute atomic E-state index is 12.3. The molecule has 1 amide bonds. The van der Waals surface area contributed by atoms with Crippen LogP contribution in [0, 0.1) is 6.92 Å². The van der Waals surface area contributed by atoms with E-state index in [1.165, 1.54) is 11.8 Å². The third-order valence-corrected chi connectivity index (χ3v) is 4.42. The average molecular weight is 359 g/mol. The zero-order valence-corrected chi connectivity index (χ0v) is 14.8. The average Bonchev–Trinajstić information content (AvgIpc) is 3.07. The molecular weight excluding hydrogens is 342 g/mol. The highest BCUT2D eigenvalue weighted by molar-refractivity contribution is 7.99. The van der Waals surface area contributed by atoms with Crippen molar-refractivity contribution in [3.8, 4) is 11.5 Å². The summed E-state index contributed by atoms with van der Waals surface area (Å²) in [6.07, 6.45) is 1.58. The fraction of sp³-hybridized carbons (Fsp3) is 0.250. The van der Waals surface area contributed by atoms with Crippen molar-refractivity contribution in [2.24, 2.45) is 0 Å². The van der Waals surface area contributed by atoms with Crippen molar-refractivity contribution in [3.05, 3.63) is 36.3 Å². The first-order chi connectivity index (χ1) is 12.1. The number of benzene rings is 1. The number of aromatic nitrogens is 4. The number of anilines is 1. The lowest BCUT2D eigenvalue weighted by Crippen LogP contribution is -2.15. The minimum absolute atomic E-state index is 0.160. The van der Waals surface area contributed by atoms with E-state index in [1.54, 1.807) is 43.1 Å². The molecule has 0 saturated heterocycles. The molecule has 0 radical (unpaired) electrons. The van der Waals surface area contributed by atoms with Crippen LogP contribution in [0.1, 0.15) is 5.69 Å². The first-order valence-corrected chi connectivity index (χ1v) is 8.41.